The largest absolute Gasteiger partial charge is 0.340 e. The molecule has 1 fully saturated rings. The molecule has 1 aliphatic rings. The van der Waals surface area contributed by atoms with Crippen molar-refractivity contribution in [2.24, 2.45) is 0 Å². The molecule has 0 spiro atoms. The summed E-state index contributed by atoms with van der Waals surface area (Å²) in [4.78, 5) is 24.0. The molecule has 1 saturated carbocycles. The van der Waals surface area contributed by atoms with Crippen molar-refractivity contribution < 1.29 is 9.18 Å². The van der Waals surface area contributed by atoms with Crippen LogP contribution in [0.3, 0.4) is 0 Å². The first-order chi connectivity index (χ1) is 14.5. The molecule has 1 heterocycles. The van der Waals surface area contributed by atoms with E-state index in [0.29, 0.717) is 41.5 Å². The van der Waals surface area contributed by atoms with Crippen molar-refractivity contribution in [3.05, 3.63) is 77.1 Å². The number of anilines is 5. The molecule has 30 heavy (non-hydrogen) atoms. The normalized spacial score (nSPS) is 13.8. The van der Waals surface area contributed by atoms with Crippen molar-refractivity contribution >= 4 is 46.2 Å². The summed E-state index contributed by atoms with van der Waals surface area (Å²) in [7, 11) is 0. The lowest BCUT2D eigenvalue weighted by atomic mass is 10.2. The van der Waals surface area contributed by atoms with Gasteiger partial charge in [0.25, 0.3) is 0 Å². The lowest BCUT2D eigenvalue weighted by Crippen LogP contribution is -2.26. The topological polar surface area (TPSA) is 83.3 Å². The van der Waals surface area contributed by atoms with Crippen molar-refractivity contribution in [1.29, 1.82) is 0 Å². The van der Waals surface area contributed by atoms with Gasteiger partial charge in [-0.05, 0) is 36.4 Å². The second kappa shape index (κ2) is 7.97. The highest BCUT2D eigenvalue weighted by Crippen LogP contribution is 2.40. The van der Waals surface area contributed by atoms with Gasteiger partial charge in [-0.2, -0.15) is 0 Å². The lowest BCUT2D eigenvalue weighted by Gasteiger charge is -2.11. The Morgan fingerprint density at radius 3 is 2.33 bits per heavy atom. The number of carbonyl (C=O) groups excluding carboxylic acids is 1. The van der Waals surface area contributed by atoms with Crippen LogP contribution in [0.4, 0.5) is 33.1 Å². The summed E-state index contributed by atoms with van der Waals surface area (Å²) in [6.45, 7) is 7.18. The molecule has 9 heteroatoms. The first-order valence-corrected chi connectivity index (χ1v) is 9.46. The number of halogens is 2. The Bertz CT molecular complexity index is 1160. The minimum absolute atomic E-state index is 0.0115. The Kier molecular flexibility index (Phi) is 5.21. The maximum absolute atomic E-state index is 13.3. The zero-order valence-electron chi connectivity index (χ0n) is 15.6. The highest BCUT2D eigenvalue weighted by atomic mass is 35.5. The van der Waals surface area contributed by atoms with Gasteiger partial charge in [-0.15, -0.1) is 0 Å². The molecule has 0 unspecified atom stereocenters. The number of benzene rings is 2. The molecular formula is C21H16ClFN6O. The smallest absolute Gasteiger partial charge is 0.310 e. The first kappa shape index (κ1) is 19.6. The number of aromatic nitrogens is 2. The van der Waals surface area contributed by atoms with Crippen molar-refractivity contribution in [3.8, 4) is 0 Å². The van der Waals surface area contributed by atoms with Crippen LogP contribution in [0.15, 0.2) is 54.9 Å². The molecule has 4 rings (SSSR count). The Balaban J connectivity index is 1.45. The number of hydrogen-bond acceptors (Lipinski definition) is 5. The van der Waals surface area contributed by atoms with Crippen molar-refractivity contribution in [2.45, 2.75) is 18.4 Å². The van der Waals surface area contributed by atoms with Crippen LogP contribution in [0, 0.1) is 12.4 Å². The van der Waals surface area contributed by atoms with Crippen LogP contribution >= 0.6 is 11.6 Å². The number of nitrogens with zero attached hydrogens (tertiary/aromatic N) is 3. The highest BCUT2D eigenvalue weighted by molar-refractivity contribution is 6.31. The summed E-state index contributed by atoms with van der Waals surface area (Å²) >= 11 is 5.80. The molecule has 0 radical (unpaired) electrons. The average molecular weight is 423 g/mol. The zero-order chi connectivity index (χ0) is 21.1. The van der Waals surface area contributed by atoms with Gasteiger partial charge in [-0.25, -0.2) is 20.9 Å². The first-order valence-electron chi connectivity index (χ1n) is 9.09. The zero-order valence-corrected chi connectivity index (χ0v) is 16.4. The molecule has 1 amide bonds. The third kappa shape index (κ3) is 4.31. The summed E-state index contributed by atoms with van der Waals surface area (Å²) in [6, 6.07) is 13.1. The van der Waals surface area contributed by atoms with Crippen LogP contribution in [0.5, 0.6) is 0 Å². The van der Waals surface area contributed by atoms with Gasteiger partial charge in [0.2, 0.25) is 0 Å². The maximum Gasteiger partial charge on any atom is 0.310 e. The van der Waals surface area contributed by atoms with E-state index in [1.54, 1.807) is 30.3 Å². The quantitative estimate of drug-likeness (QED) is 0.479. The SMILES string of the molecule is [C-]#[N+]C1(C(=O)Nc2cccc(Nc3cc(Nc4ccc(F)c(Cl)c4)ncn3)c2)CC1. The monoisotopic (exact) mass is 422 g/mol. The summed E-state index contributed by atoms with van der Waals surface area (Å²) in [6.07, 6.45) is 2.57. The average Bonchev–Trinajstić information content (AvgIpc) is 3.53. The third-order valence-corrected chi connectivity index (χ3v) is 4.90. The summed E-state index contributed by atoms with van der Waals surface area (Å²) < 4.78 is 13.3. The molecule has 150 valence electrons. The Morgan fingerprint density at radius 1 is 1.03 bits per heavy atom. The van der Waals surface area contributed by atoms with Crippen molar-refractivity contribution in [2.75, 3.05) is 16.0 Å². The van der Waals surface area contributed by atoms with Crippen molar-refractivity contribution in [3.63, 3.8) is 0 Å². The van der Waals surface area contributed by atoms with Gasteiger partial charge in [0.05, 0.1) is 5.02 Å². The number of amides is 1. The Hall–Kier alpha value is -3.70. The van der Waals surface area contributed by atoms with Gasteiger partial charge in [0, 0.05) is 36.0 Å². The minimum atomic E-state index is -0.903. The molecule has 0 saturated heterocycles. The molecule has 1 aliphatic carbocycles. The summed E-state index contributed by atoms with van der Waals surface area (Å²) in [5, 5.41) is 8.99. The van der Waals surface area contributed by atoms with E-state index in [-0.39, 0.29) is 10.9 Å². The van der Waals surface area contributed by atoms with E-state index >= 15 is 0 Å². The van der Waals surface area contributed by atoms with Gasteiger partial charge in [0.1, 0.15) is 23.8 Å². The van der Waals surface area contributed by atoms with Crippen LogP contribution in [0.2, 0.25) is 5.02 Å². The lowest BCUT2D eigenvalue weighted by molar-refractivity contribution is -0.117. The van der Waals surface area contributed by atoms with Crippen LogP contribution in [-0.2, 0) is 4.79 Å². The second-order valence-corrected chi connectivity index (χ2v) is 7.25. The van der Waals surface area contributed by atoms with Crippen LogP contribution in [-0.4, -0.2) is 21.4 Å². The standard InChI is InChI=1S/C21H16ClFN6O/c1-24-21(7-8-21)20(30)29-14-4-2-3-13(9-14)27-18-11-19(26-12-25-18)28-15-5-6-17(23)16(22)10-15/h2-6,9-12H,7-8H2,(H,29,30)(H2,25,26,27,28). The van der Waals surface area contributed by atoms with E-state index in [2.05, 4.69) is 30.8 Å². The highest BCUT2D eigenvalue weighted by Gasteiger charge is 2.58. The number of hydrogen-bond donors (Lipinski definition) is 3. The van der Waals surface area contributed by atoms with E-state index in [4.69, 9.17) is 18.2 Å². The van der Waals surface area contributed by atoms with Gasteiger partial charge < -0.3 is 16.0 Å². The fraction of sp³-hybridized carbons (Fsp3) is 0.143. The molecule has 0 aliphatic heterocycles. The van der Waals surface area contributed by atoms with Gasteiger partial charge in [-0.3, -0.25) is 9.64 Å². The van der Waals surface area contributed by atoms with E-state index in [1.165, 1.54) is 18.5 Å². The number of nitrogens with one attached hydrogen (secondary N) is 3. The fourth-order valence-corrected chi connectivity index (χ4v) is 2.97. The Morgan fingerprint density at radius 2 is 1.70 bits per heavy atom. The molecule has 7 nitrogen and oxygen atoms in total. The van der Waals surface area contributed by atoms with E-state index in [9.17, 15) is 9.18 Å². The Labute approximate surface area is 177 Å². The molecule has 0 atom stereocenters. The molecule has 3 aromatic rings. The third-order valence-electron chi connectivity index (χ3n) is 4.61. The van der Waals surface area contributed by atoms with E-state index < -0.39 is 11.4 Å². The van der Waals surface area contributed by atoms with Crippen molar-refractivity contribution in [1.82, 2.24) is 9.97 Å². The predicted octanol–water partition coefficient (Wildman–Crippen LogP) is 5.15. The van der Waals surface area contributed by atoms with Crippen LogP contribution in [0.1, 0.15) is 12.8 Å². The minimum Gasteiger partial charge on any atom is -0.340 e. The van der Waals surface area contributed by atoms with E-state index in [1.807, 2.05) is 6.07 Å². The molecule has 2 aromatic carbocycles. The molecule has 1 aromatic heterocycles. The summed E-state index contributed by atoms with van der Waals surface area (Å²) in [5.41, 5.74) is 0.979. The summed E-state index contributed by atoms with van der Waals surface area (Å²) in [5.74, 6) is 0.237. The van der Waals surface area contributed by atoms with Crippen LogP contribution < -0.4 is 16.0 Å². The number of carbonyl (C=O) groups is 1. The van der Waals surface area contributed by atoms with E-state index in [0.717, 1.165) is 0 Å². The fourth-order valence-electron chi connectivity index (χ4n) is 2.79. The number of rotatable bonds is 6. The van der Waals surface area contributed by atoms with Gasteiger partial charge in [0.15, 0.2) is 0 Å². The predicted molar refractivity (Wildman–Crippen MR) is 114 cm³/mol. The van der Waals surface area contributed by atoms with Gasteiger partial charge >= 0.3 is 11.4 Å². The molecule has 3 N–H and O–H groups in total. The van der Waals surface area contributed by atoms with Gasteiger partial charge in [-0.1, -0.05) is 17.7 Å². The molecule has 0 bridgehead atoms. The van der Waals surface area contributed by atoms with Crippen LogP contribution in [0.25, 0.3) is 4.85 Å². The maximum atomic E-state index is 13.3. The molecular weight excluding hydrogens is 407 g/mol. The second-order valence-electron chi connectivity index (χ2n) is 6.85.